The van der Waals surface area contributed by atoms with E-state index in [1.54, 1.807) is 36.3 Å². The number of methoxy groups -OCH3 is 1. The van der Waals surface area contributed by atoms with Crippen LogP contribution in [0.1, 0.15) is 16.2 Å². The minimum Gasteiger partial charge on any atom is -0.479 e. The van der Waals surface area contributed by atoms with Crippen molar-refractivity contribution in [3.8, 4) is 11.7 Å². The molecule has 0 aliphatic heterocycles. The summed E-state index contributed by atoms with van der Waals surface area (Å²) in [5.41, 5.74) is 1.83. The summed E-state index contributed by atoms with van der Waals surface area (Å²) in [4.78, 5) is 21.3. The third-order valence-corrected chi connectivity index (χ3v) is 4.21. The first-order valence-electron chi connectivity index (χ1n) is 9.13. The van der Waals surface area contributed by atoms with Gasteiger partial charge in [-0.3, -0.25) is 9.48 Å². The van der Waals surface area contributed by atoms with Crippen molar-refractivity contribution in [1.82, 2.24) is 29.5 Å². The Bertz CT molecular complexity index is 1170. The van der Waals surface area contributed by atoms with Crippen molar-refractivity contribution in [2.45, 2.75) is 6.92 Å². The van der Waals surface area contributed by atoms with Crippen molar-refractivity contribution in [1.29, 1.82) is 0 Å². The first-order valence-corrected chi connectivity index (χ1v) is 9.13. The van der Waals surface area contributed by atoms with Gasteiger partial charge in [-0.15, -0.1) is 5.10 Å². The number of benzene rings is 1. The Morgan fingerprint density at radius 1 is 1.13 bits per heavy atom. The summed E-state index contributed by atoms with van der Waals surface area (Å²) in [6, 6.07) is 10.9. The van der Waals surface area contributed by atoms with E-state index in [1.807, 2.05) is 37.4 Å². The Morgan fingerprint density at radius 3 is 2.60 bits per heavy atom. The minimum atomic E-state index is -0.295. The fraction of sp³-hybridized carbons (Fsp3) is 0.150. The number of nitrogens with zero attached hydrogens (tertiary/aromatic N) is 6. The molecule has 3 aromatic heterocycles. The smallest absolute Gasteiger partial charge is 0.262 e. The van der Waals surface area contributed by atoms with Crippen LogP contribution in [-0.2, 0) is 7.05 Å². The lowest BCUT2D eigenvalue weighted by atomic mass is 10.2. The molecule has 0 saturated carbocycles. The molecule has 0 spiro atoms. The van der Waals surface area contributed by atoms with E-state index in [0.717, 1.165) is 5.69 Å². The molecule has 0 aliphatic rings. The van der Waals surface area contributed by atoms with Gasteiger partial charge in [0.05, 0.1) is 7.11 Å². The standard InChI is InChI=1S/C20H20N8O2/c1-13-22-17(11-18(23-13)28-10-4-9-21-28)24-14-5-7-15(8-6-14)25-19(29)16-12-27(2)26-20(16)30-3/h4-12H,1-3H3,(H,25,29)(H,22,23,24). The lowest BCUT2D eigenvalue weighted by molar-refractivity contribution is 0.102. The molecule has 4 aromatic rings. The van der Waals surface area contributed by atoms with Crippen LogP contribution in [0.2, 0.25) is 0 Å². The normalized spacial score (nSPS) is 10.6. The van der Waals surface area contributed by atoms with Crippen LogP contribution in [0.15, 0.2) is 55.0 Å². The van der Waals surface area contributed by atoms with Crippen molar-refractivity contribution < 1.29 is 9.53 Å². The zero-order valence-electron chi connectivity index (χ0n) is 16.7. The molecule has 0 bridgehead atoms. The predicted molar refractivity (Wildman–Crippen MR) is 111 cm³/mol. The molecular formula is C20H20N8O2. The fourth-order valence-electron chi connectivity index (χ4n) is 2.90. The second kappa shape index (κ2) is 8.03. The SMILES string of the molecule is COc1nn(C)cc1C(=O)Nc1ccc(Nc2cc(-n3cccn3)nc(C)n2)cc1. The van der Waals surface area contributed by atoms with Gasteiger partial charge >= 0.3 is 0 Å². The van der Waals surface area contributed by atoms with Gasteiger partial charge in [-0.1, -0.05) is 0 Å². The van der Waals surface area contributed by atoms with E-state index in [1.165, 1.54) is 11.8 Å². The molecule has 10 heteroatoms. The average Bonchev–Trinajstić information content (AvgIpc) is 3.38. The Kier molecular flexibility index (Phi) is 5.12. The number of carbonyl (C=O) groups excluding carboxylic acids is 1. The van der Waals surface area contributed by atoms with Crippen molar-refractivity contribution in [2.75, 3.05) is 17.7 Å². The van der Waals surface area contributed by atoms with Crippen LogP contribution < -0.4 is 15.4 Å². The number of aryl methyl sites for hydroxylation is 2. The highest BCUT2D eigenvalue weighted by atomic mass is 16.5. The number of aromatic nitrogens is 6. The molecule has 30 heavy (non-hydrogen) atoms. The van der Waals surface area contributed by atoms with E-state index in [2.05, 4.69) is 30.8 Å². The zero-order chi connectivity index (χ0) is 21.1. The summed E-state index contributed by atoms with van der Waals surface area (Å²) in [6.45, 7) is 1.82. The zero-order valence-corrected chi connectivity index (χ0v) is 16.7. The molecule has 1 aromatic carbocycles. The summed E-state index contributed by atoms with van der Waals surface area (Å²) in [6.07, 6.45) is 5.12. The van der Waals surface area contributed by atoms with Gasteiger partial charge in [-0.05, 0) is 37.3 Å². The van der Waals surface area contributed by atoms with Crippen molar-refractivity contribution in [3.05, 3.63) is 66.4 Å². The van der Waals surface area contributed by atoms with E-state index in [4.69, 9.17) is 4.74 Å². The number of amides is 1. The molecule has 0 radical (unpaired) electrons. The maximum absolute atomic E-state index is 12.5. The molecule has 0 aliphatic carbocycles. The highest BCUT2D eigenvalue weighted by molar-refractivity contribution is 6.05. The van der Waals surface area contributed by atoms with Gasteiger partial charge in [0.15, 0.2) is 5.82 Å². The maximum Gasteiger partial charge on any atom is 0.262 e. The van der Waals surface area contributed by atoms with Crippen molar-refractivity contribution in [2.24, 2.45) is 7.05 Å². The van der Waals surface area contributed by atoms with Crippen LogP contribution in [-0.4, -0.2) is 42.5 Å². The molecular weight excluding hydrogens is 384 g/mol. The van der Waals surface area contributed by atoms with E-state index in [-0.39, 0.29) is 11.8 Å². The Morgan fingerprint density at radius 2 is 1.90 bits per heavy atom. The number of rotatable bonds is 6. The van der Waals surface area contributed by atoms with Gasteiger partial charge in [-0.2, -0.15) is 5.10 Å². The van der Waals surface area contributed by atoms with Crippen LogP contribution in [0.4, 0.5) is 17.2 Å². The summed E-state index contributed by atoms with van der Waals surface area (Å²) in [7, 11) is 3.21. The molecule has 152 valence electrons. The first-order chi connectivity index (χ1) is 14.5. The Balaban J connectivity index is 1.47. The Hall–Kier alpha value is -4.21. The van der Waals surface area contributed by atoms with Crippen molar-refractivity contribution >= 4 is 23.1 Å². The molecule has 0 saturated heterocycles. The number of nitrogens with one attached hydrogen (secondary N) is 2. The van der Waals surface area contributed by atoms with Gasteiger partial charge < -0.3 is 15.4 Å². The van der Waals surface area contributed by atoms with E-state index in [0.29, 0.717) is 28.7 Å². The summed E-state index contributed by atoms with van der Waals surface area (Å²) in [5.74, 6) is 1.92. The van der Waals surface area contributed by atoms with E-state index in [9.17, 15) is 4.79 Å². The summed E-state index contributed by atoms with van der Waals surface area (Å²) in [5, 5.41) is 14.4. The topological polar surface area (TPSA) is 112 Å². The van der Waals surface area contributed by atoms with E-state index >= 15 is 0 Å². The van der Waals surface area contributed by atoms with E-state index < -0.39 is 0 Å². The number of anilines is 3. The third kappa shape index (κ3) is 4.12. The maximum atomic E-state index is 12.5. The number of carbonyl (C=O) groups is 1. The average molecular weight is 404 g/mol. The molecule has 0 unspecified atom stereocenters. The number of ether oxygens (including phenoxy) is 1. The molecule has 1 amide bonds. The lowest BCUT2D eigenvalue weighted by Gasteiger charge is -2.10. The largest absolute Gasteiger partial charge is 0.479 e. The monoisotopic (exact) mass is 404 g/mol. The molecule has 0 fully saturated rings. The lowest BCUT2D eigenvalue weighted by Crippen LogP contribution is -2.12. The van der Waals surface area contributed by atoms with Gasteiger partial charge in [-0.25, -0.2) is 14.6 Å². The quantitative estimate of drug-likeness (QED) is 0.508. The molecule has 10 nitrogen and oxygen atoms in total. The number of hydrogen-bond acceptors (Lipinski definition) is 7. The van der Waals surface area contributed by atoms with Gasteiger partial charge in [0.25, 0.3) is 5.91 Å². The van der Waals surface area contributed by atoms with Crippen LogP contribution in [0.3, 0.4) is 0 Å². The second-order valence-corrected chi connectivity index (χ2v) is 6.49. The Labute approximate surface area is 172 Å². The predicted octanol–water partition coefficient (Wildman–Crippen LogP) is 2.71. The minimum absolute atomic E-state index is 0.278. The molecule has 0 atom stereocenters. The van der Waals surface area contributed by atoms with Gasteiger partial charge in [0.1, 0.15) is 17.2 Å². The van der Waals surface area contributed by atoms with Crippen LogP contribution >= 0.6 is 0 Å². The van der Waals surface area contributed by atoms with Crippen LogP contribution in [0, 0.1) is 6.92 Å². The molecule has 3 heterocycles. The highest BCUT2D eigenvalue weighted by Crippen LogP contribution is 2.21. The molecule has 2 N–H and O–H groups in total. The molecule has 4 rings (SSSR count). The van der Waals surface area contributed by atoms with Gasteiger partial charge in [0, 0.05) is 43.1 Å². The summed E-state index contributed by atoms with van der Waals surface area (Å²) < 4.78 is 8.34. The second-order valence-electron chi connectivity index (χ2n) is 6.49. The first kappa shape index (κ1) is 19.1. The van der Waals surface area contributed by atoms with Crippen molar-refractivity contribution in [3.63, 3.8) is 0 Å². The third-order valence-electron chi connectivity index (χ3n) is 4.21. The number of hydrogen-bond donors (Lipinski definition) is 2. The van der Waals surface area contributed by atoms with Crippen LogP contribution in [0.5, 0.6) is 5.88 Å². The van der Waals surface area contributed by atoms with Crippen LogP contribution in [0.25, 0.3) is 5.82 Å². The highest BCUT2D eigenvalue weighted by Gasteiger charge is 2.16. The summed E-state index contributed by atoms with van der Waals surface area (Å²) >= 11 is 0. The fourth-order valence-corrected chi connectivity index (χ4v) is 2.90. The van der Waals surface area contributed by atoms with Gasteiger partial charge in [0.2, 0.25) is 5.88 Å².